The Bertz CT molecular complexity index is 1510. The molecule has 9 nitrogen and oxygen atoms in total. The van der Waals surface area contributed by atoms with Gasteiger partial charge < -0.3 is 24.8 Å². The van der Waals surface area contributed by atoms with Crippen molar-refractivity contribution in [2.45, 2.75) is 26.5 Å². The Kier molecular flexibility index (Phi) is 11.3. The summed E-state index contributed by atoms with van der Waals surface area (Å²) in [5, 5.41) is 10.5. The van der Waals surface area contributed by atoms with E-state index in [1.165, 1.54) is 0 Å². The lowest BCUT2D eigenvalue weighted by Gasteiger charge is -2.30. The second kappa shape index (κ2) is 15.1. The van der Waals surface area contributed by atoms with Crippen molar-refractivity contribution >= 4 is 73.9 Å². The second-order valence-electron chi connectivity index (χ2n) is 9.00. The molecule has 42 heavy (non-hydrogen) atoms. The fourth-order valence-electron chi connectivity index (χ4n) is 4.13. The van der Waals surface area contributed by atoms with E-state index in [2.05, 4.69) is 59.7 Å². The van der Waals surface area contributed by atoms with Gasteiger partial charge in [0, 0.05) is 11.3 Å². The van der Waals surface area contributed by atoms with Gasteiger partial charge in [-0.2, -0.15) is 5.10 Å². The van der Waals surface area contributed by atoms with Crippen molar-refractivity contribution in [3.8, 4) is 11.5 Å². The highest BCUT2D eigenvalue weighted by atomic mass is 127. The average molecular weight is 763 g/mol. The highest BCUT2D eigenvalue weighted by Gasteiger charge is 2.32. The van der Waals surface area contributed by atoms with Gasteiger partial charge in [-0.25, -0.2) is 10.2 Å². The summed E-state index contributed by atoms with van der Waals surface area (Å²) in [5.41, 5.74) is 5.92. The van der Waals surface area contributed by atoms with Gasteiger partial charge in [0.2, 0.25) is 0 Å². The van der Waals surface area contributed by atoms with Gasteiger partial charge >= 0.3 is 5.97 Å². The number of halogens is 2. The predicted octanol–water partition coefficient (Wildman–Crippen LogP) is 5.52. The van der Waals surface area contributed by atoms with Crippen molar-refractivity contribution in [1.82, 2.24) is 16.1 Å². The number of amides is 1. The fraction of sp³-hybridized carbons (Fsp3) is 0.200. The van der Waals surface area contributed by atoms with Crippen LogP contribution in [-0.2, 0) is 20.9 Å². The summed E-state index contributed by atoms with van der Waals surface area (Å²) >= 11 is 11.1. The van der Waals surface area contributed by atoms with Crippen LogP contribution in [0.1, 0.15) is 36.6 Å². The molecule has 0 bridgehead atoms. The number of para-hydroxylation sites is 1. The number of allylic oxidation sites excluding steroid dienone is 1. The van der Waals surface area contributed by atoms with Crippen LogP contribution in [0.15, 0.2) is 87.6 Å². The molecule has 4 rings (SSSR count). The number of hydrazone groups is 1. The van der Waals surface area contributed by atoms with Crippen LogP contribution in [0.5, 0.6) is 11.5 Å². The summed E-state index contributed by atoms with van der Waals surface area (Å²) < 4.78 is 18.8. The summed E-state index contributed by atoms with van der Waals surface area (Å²) in [6.07, 6.45) is 1.54. The zero-order valence-corrected chi connectivity index (χ0v) is 27.3. The molecule has 0 saturated carbocycles. The first-order valence-electron chi connectivity index (χ1n) is 12.9. The zero-order chi connectivity index (χ0) is 30.1. The van der Waals surface area contributed by atoms with Gasteiger partial charge in [0.1, 0.15) is 18.1 Å². The van der Waals surface area contributed by atoms with Crippen LogP contribution in [0.4, 0.5) is 0 Å². The van der Waals surface area contributed by atoms with Crippen LogP contribution in [0.25, 0.3) is 0 Å². The second-order valence-corrected chi connectivity index (χ2v) is 11.4. The maximum atomic E-state index is 12.7. The molecule has 0 spiro atoms. The molecule has 1 atom stereocenters. The van der Waals surface area contributed by atoms with Crippen molar-refractivity contribution in [2.24, 2.45) is 5.10 Å². The molecule has 1 aliphatic heterocycles. The molecule has 1 aliphatic rings. The average Bonchev–Trinajstić information content (AvgIpc) is 2.96. The molecular formula is C30H28BrIN4O5S. The molecule has 218 valence electrons. The third-order valence-corrected chi connectivity index (χ3v) is 7.61. The Morgan fingerprint density at radius 2 is 1.86 bits per heavy atom. The number of nitrogens with one attached hydrogen (secondary N) is 3. The Labute approximate surface area is 271 Å². The SMILES string of the molecule is CCOC(=O)C1=C(C)NC(=S)N[C@H]1c1ccccc1OCC(=O)NN=Cc1cc(Br)c(OCc2ccccc2)c(I)c1. The number of ether oxygens (including phenoxy) is 3. The van der Waals surface area contributed by atoms with E-state index in [1.807, 2.05) is 48.5 Å². The molecule has 1 amide bonds. The number of hydrogen-bond acceptors (Lipinski definition) is 7. The van der Waals surface area contributed by atoms with Gasteiger partial charge in [-0.05, 0) is 93.9 Å². The Hall–Kier alpha value is -3.49. The molecule has 0 aliphatic carbocycles. The van der Waals surface area contributed by atoms with Gasteiger partial charge in [0.15, 0.2) is 11.7 Å². The fourth-order valence-corrected chi connectivity index (χ4v) is 6.17. The quantitative estimate of drug-likeness (QED) is 0.0772. The zero-order valence-electron chi connectivity index (χ0n) is 22.8. The molecular weight excluding hydrogens is 735 g/mol. The molecule has 0 aromatic heterocycles. The lowest BCUT2D eigenvalue weighted by Crippen LogP contribution is -2.45. The molecule has 0 radical (unpaired) electrons. The van der Waals surface area contributed by atoms with Crippen LogP contribution >= 0.6 is 50.7 Å². The van der Waals surface area contributed by atoms with Gasteiger partial charge in [0.05, 0.1) is 32.5 Å². The summed E-state index contributed by atoms with van der Waals surface area (Å²) in [5.74, 6) is 0.219. The molecule has 3 aromatic rings. The van der Waals surface area contributed by atoms with E-state index in [-0.39, 0.29) is 13.2 Å². The van der Waals surface area contributed by atoms with E-state index >= 15 is 0 Å². The monoisotopic (exact) mass is 762 g/mol. The van der Waals surface area contributed by atoms with Crippen molar-refractivity contribution in [3.05, 3.63) is 103 Å². The van der Waals surface area contributed by atoms with Gasteiger partial charge in [-0.15, -0.1) is 0 Å². The standard InChI is InChI=1S/C30H28BrIN4O5S/c1-3-39-29(38)26-18(2)34-30(42)35-27(26)21-11-7-8-12-24(21)40-17-25(37)36-33-15-20-13-22(31)28(23(32)14-20)41-16-19-9-5-4-6-10-19/h4-15,27H,3,16-17H2,1-2H3,(H,36,37)(H2,34,35,42)/t27-/m0/s1. The number of nitrogens with zero attached hydrogens (tertiary/aromatic N) is 1. The van der Waals surface area contributed by atoms with E-state index in [4.69, 9.17) is 26.4 Å². The van der Waals surface area contributed by atoms with Crippen molar-refractivity contribution in [2.75, 3.05) is 13.2 Å². The number of esters is 1. The molecule has 12 heteroatoms. The topological polar surface area (TPSA) is 110 Å². The van der Waals surface area contributed by atoms with Crippen molar-refractivity contribution < 1.29 is 23.8 Å². The minimum Gasteiger partial charge on any atom is -0.487 e. The van der Waals surface area contributed by atoms with Gasteiger partial charge in [-0.3, -0.25) is 4.79 Å². The number of carbonyl (C=O) groups excluding carboxylic acids is 2. The lowest BCUT2D eigenvalue weighted by atomic mass is 9.95. The molecule has 0 saturated heterocycles. The van der Waals surface area contributed by atoms with Gasteiger partial charge in [0.25, 0.3) is 5.91 Å². The number of hydrogen-bond donors (Lipinski definition) is 3. The summed E-state index contributed by atoms with van der Waals surface area (Å²) in [7, 11) is 0. The highest BCUT2D eigenvalue weighted by molar-refractivity contribution is 14.1. The Balaban J connectivity index is 1.38. The summed E-state index contributed by atoms with van der Waals surface area (Å²) in [6, 6.07) is 20.2. The minimum absolute atomic E-state index is 0.230. The molecule has 0 unspecified atom stereocenters. The maximum Gasteiger partial charge on any atom is 0.338 e. The summed E-state index contributed by atoms with van der Waals surface area (Å²) in [6.45, 7) is 3.88. The van der Waals surface area contributed by atoms with Gasteiger partial charge in [-0.1, -0.05) is 48.5 Å². The smallest absolute Gasteiger partial charge is 0.338 e. The molecule has 1 heterocycles. The predicted molar refractivity (Wildman–Crippen MR) is 176 cm³/mol. The maximum absolute atomic E-state index is 12.7. The van der Waals surface area contributed by atoms with E-state index in [9.17, 15) is 9.59 Å². The van der Waals surface area contributed by atoms with Crippen LogP contribution in [0.2, 0.25) is 0 Å². The Morgan fingerprint density at radius 1 is 1.12 bits per heavy atom. The lowest BCUT2D eigenvalue weighted by molar-refractivity contribution is -0.139. The number of benzene rings is 3. The van der Waals surface area contributed by atoms with E-state index < -0.39 is 17.9 Å². The van der Waals surface area contributed by atoms with E-state index in [0.717, 1.165) is 24.9 Å². The highest BCUT2D eigenvalue weighted by Crippen LogP contribution is 2.34. The number of carbonyl (C=O) groups is 2. The number of thiocarbonyl (C=S) groups is 1. The minimum atomic E-state index is -0.615. The van der Waals surface area contributed by atoms with Crippen molar-refractivity contribution in [3.63, 3.8) is 0 Å². The van der Waals surface area contributed by atoms with Crippen molar-refractivity contribution in [1.29, 1.82) is 0 Å². The van der Waals surface area contributed by atoms with E-state index in [1.54, 1.807) is 38.3 Å². The molecule has 0 fully saturated rings. The molecule has 3 N–H and O–H groups in total. The first-order valence-corrected chi connectivity index (χ1v) is 15.2. The first kappa shape index (κ1) is 31.4. The van der Waals surface area contributed by atoms with Crippen LogP contribution in [0.3, 0.4) is 0 Å². The van der Waals surface area contributed by atoms with Crippen LogP contribution in [0, 0.1) is 3.57 Å². The van der Waals surface area contributed by atoms with E-state index in [0.29, 0.717) is 34.3 Å². The largest absolute Gasteiger partial charge is 0.487 e. The number of rotatable bonds is 11. The normalized spacial score (nSPS) is 14.7. The first-order chi connectivity index (χ1) is 20.3. The van der Waals surface area contributed by atoms with Crippen LogP contribution < -0.4 is 25.5 Å². The molecule has 3 aromatic carbocycles. The third-order valence-electron chi connectivity index (χ3n) is 6.00. The Morgan fingerprint density at radius 3 is 2.60 bits per heavy atom. The third kappa shape index (κ3) is 8.29. The van der Waals surface area contributed by atoms with Crippen LogP contribution in [-0.4, -0.2) is 36.4 Å². The summed E-state index contributed by atoms with van der Waals surface area (Å²) in [4.78, 5) is 25.3.